The van der Waals surface area contributed by atoms with E-state index < -0.39 is 17.6 Å². The van der Waals surface area contributed by atoms with Gasteiger partial charge in [-0.1, -0.05) is 20.4 Å². The van der Waals surface area contributed by atoms with E-state index in [9.17, 15) is 20.1 Å². The van der Waals surface area contributed by atoms with Gasteiger partial charge in [-0.2, -0.15) is 0 Å². The smallest absolute Gasteiger partial charge is 0.165 e. The molecule has 4 nitrogen and oxygen atoms in total. The molecule has 4 rings (SSSR count). The molecule has 0 aromatic heterocycles. The van der Waals surface area contributed by atoms with Gasteiger partial charge in [0.1, 0.15) is 0 Å². The molecular formula is C20H30O4. The van der Waals surface area contributed by atoms with Crippen LogP contribution in [-0.2, 0) is 4.79 Å². The lowest BCUT2D eigenvalue weighted by Gasteiger charge is -2.64. The Hall–Kier alpha value is -0.710. The van der Waals surface area contributed by atoms with E-state index in [1.807, 2.05) is 6.92 Å². The van der Waals surface area contributed by atoms with Gasteiger partial charge in [0.2, 0.25) is 0 Å². The molecule has 1 spiro atoms. The number of carbonyl (C=O) groups is 1. The third-order valence-corrected chi connectivity index (χ3v) is 8.71. The Morgan fingerprint density at radius 2 is 1.88 bits per heavy atom. The number of fused-ring (bicyclic) bond motifs is 3. The van der Waals surface area contributed by atoms with E-state index in [-0.39, 0.29) is 41.0 Å². The van der Waals surface area contributed by atoms with Gasteiger partial charge in [-0.05, 0) is 61.3 Å². The Balaban J connectivity index is 1.80. The summed E-state index contributed by atoms with van der Waals surface area (Å²) in [6.45, 7) is 8.22. The SMILES string of the molecule is C=C1C(=O)[C@@]23CC[C@@H]4[C@@](C)(CO)[C@H](O)CC[C@@]4(C)[C@@H]2C[C@H](O)[C@@H]1C3. The van der Waals surface area contributed by atoms with Crippen LogP contribution in [0.25, 0.3) is 0 Å². The normalized spacial score (nSPS) is 56.8. The highest BCUT2D eigenvalue weighted by Gasteiger charge is 2.69. The van der Waals surface area contributed by atoms with Gasteiger partial charge in [0.25, 0.3) is 0 Å². The highest BCUT2D eigenvalue weighted by molar-refractivity contribution is 6.03. The fraction of sp³-hybridized carbons (Fsp3) is 0.850. The van der Waals surface area contributed by atoms with E-state index in [2.05, 4.69) is 13.5 Å². The molecule has 4 aliphatic rings. The summed E-state index contributed by atoms with van der Waals surface area (Å²) in [7, 11) is 0. The molecule has 0 radical (unpaired) electrons. The third-order valence-electron chi connectivity index (χ3n) is 8.71. The first-order chi connectivity index (χ1) is 11.2. The topological polar surface area (TPSA) is 77.8 Å². The third kappa shape index (κ3) is 1.72. The highest BCUT2D eigenvalue weighted by atomic mass is 16.3. The molecule has 0 unspecified atom stereocenters. The van der Waals surface area contributed by atoms with E-state index in [1.165, 1.54) is 0 Å². The van der Waals surface area contributed by atoms with Crippen molar-refractivity contribution in [2.24, 2.45) is 34.0 Å². The molecule has 0 heterocycles. The summed E-state index contributed by atoms with van der Waals surface area (Å²) < 4.78 is 0. The number of aliphatic hydroxyl groups is 3. The lowest BCUT2D eigenvalue weighted by Crippen LogP contribution is -2.62. The van der Waals surface area contributed by atoms with Crippen LogP contribution < -0.4 is 0 Å². The van der Waals surface area contributed by atoms with Crippen LogP contribution in [0, 0.1) is 34.0 Å². The largest absolute Gasteiger partial charge is 0.396 e. The molecule has 4 heteroatoms. The summed E-state index contributed by atoms with van der Waals surface area (Å²) in [6, 6.07) is 0. The van der Waals surface area contributed by atoms with E-state index in [1.54, 1.807) is 0 Å². The first kappa shape index (κ1) is 16.7. The molecule has 2 bridgehead atoms. The number of Topliss-reactive ketones (excluding diaryl/α,β-unsaturated/α-hetero) is 1. The summed E-state index contributed by atoms with van der Waals surface area (Å²) in [4.78, 5) is 13.1. The molecule has 24 heavy (non-hydrogen) atoms. The minimum absolute atomic E-state index is 0.0278. The number of hydrogen-bond acceptors (Lipinski definition) is 4. The Kier molecular flexibility index (Phi) is 3.44. The van der Waals surface area contributed by atoms with E-state index in [0.29, 0.717) is 18.4 Å². The fourth-order valence-corrected chi connectivity index (χ4v) is 7.32. The van der Waals surface area contributed by atoms with E-state index in [0.717, 1.165) is 25.7 Å². The van der Waals surface area contributed by atoms with Gasteiger partial charge in [0, 0.05) is 16.7 Å². The predicted molar refractivity (Wildman–Crippen MR) is 90.1 cm³/mol. The van der Waals surface area contributed by atoms with Crippen LogP contribution in [0.2, 0.25) is 0 Å². The lowest BCUT2D eigenvalue weighted by atomic mass is 9.40. The van der Waals surface area contributed by atoms with Crippen LogP contribution >= 0.6 is 0 Å². The second kappa shape index (κ2) is 4.93. The number of aliphatic hydroxyl groups excluding tert-OH is 3. The van der Waals surface area contributed by atoms with Crippen molar-refractivity contribution in [1.29, 1.82) is 0 Å². The Labute approximate surface area is 144 Å². The number of rotatable bonds is 1. The van der Waals surface area contributed by atoms with Gasteiger partial charge in [-0.15, -0.1) is 0 Å². The standard InChI is InChI=1S/C20H30O4/c1-11-12-9-20(17(11)24)7-4-14-18(2,15(20)8-13(12)22)6-5-16(23)19(14,3)10-21/h12-16,21-23H,1,4-10H2,2-3H3/t12-,13+,14+,15+,16-,18-,19-,20-/m1/s1. The maximum absolute atomic E-state index is 13.1. The summed E-state index contributed by atoms with van der Waals surface area (Å²) in [6.07, 6.45) is 3.61. The zero-order chi connectivity index (χ0) is 17.5. The van der Waals surface area contributed by atoms with Gasteiger partial charge in [-0.25, -0.2) is 0 Å². The van der Waals surface area contributed by atoms with Crippen LogP contribution in [0.3, 0.4) is 0 Å². The van der Waals surface area contributed by atoms with Crippen LogP contribution in [-0.4, -0.2) is 39.9 Å². The summed E-state index contributed by atoms with van der Waals surface area (Å²) in [5.74, 6) is 0.428. The van der Waals surface area contributed by atoms with Crippen molar-refractivity contribution < 1.29 is 20.1 Å². The molecule has 0 aromatic carbocycles. The van der Waals surface area contributed by atoms with Gasteiger partial charge < -0.3 is 15.3 Å². The molecule has 4 aliphatic carbocycles. The van der Waals surface area contributed by atoms with Crippen molar-refractivity contribution in [1.82, 2.24) is 0 Å². The monoisotopic (exact) mass is 334 g/mol. The summed E-state index contributed by atoms with van der Waals surface area (Å²) in [5, 5.41) is 31.3. The molecule has 0 aliphatic heterocycles. The van der Waals surface area contributed by atoms with Crippen molar-refractivity contribution in [3.8, 4) is 0 Å². The first-order valence-electron chi connectivity index (χ1n) is 9.41. The average Bonchev–Trinajstić information content (AvgIpc) is 2.77. The van der Waals surface area contributed by atoms with Crippen molar-refractivity contribution in [3.05, 3.63) is 12.2 Å². The molecular weight excluding hydrogens is 304 g/mol. The molecule has 0 saturated heterocycles. The van der Waals surface area contributed by atoms with Crippen molar-refractivity contribution in [3.63, 3.8) is 0 Å². The summed E-state index contributed by atoms with van der Waals surface area (Å²) in [5.41, 5.74) is -0.367. The number of hydrogen-bond donors (Lipinski definition) is 3. The van der Waals surface area contributed by atoms with Crippen LogP contribution in [0.15, 0.2) is 12.2 Å². The lowest BCUT2D eigenvalue weighted by molar-refractivity contribution is -0.204. The Morgan fingerprint density at radius 1 is 1.17 bits per heavy atom. The molecule has 134 valence electrons. The van der Waals surface area contributed by atoms with Crippen LogP contribution in [0.1, 0.15) is 52.4 Å². The zero-order valence-electron chi connectivity index (χ0n) is 14.8. The summed E-state index contributed by atoms with van der Waals surface area (Å²) >= 11 is 0. The Morgan fingerprint density at radius 3 is 2.54 bits per heavy atom. The maximum Gasteiger partial charge on any atom is 0.165 e. The molecule has 4 fully saturated rings. The Bertz CT molecular complexity index is 600. The quantitative estimate of drug-likeness (QED) is 0.642. The number of carbonyl (C=O) groups excluding carboxylic acids is 1. The molecule has 3 N–H and O–H groups in total. The molecule has 8 atom stereocenters. The maximum atomic E-state index is 13.1. The van der Waals surface area contributed by atoms with Crippen molar-refractivity contribution in [2.75, 3.05) is 6.61 Å². The van der Waals surface area contributed by atoms with Gasteiger partial charge in [0.15, 0.2) is 5.78 Å². The second-order valence-corrected chi connectivity index (χ2v) is 9.49. The van der Waals surface area contributed by atoms with Crippen molar-refractivity contribution >= 4 is 5.78 Å². The molecule has 4 saturated carbocycles. The first-order valence-corrected chi connectivity index (χ1v) is 9.41. The van der Waals surface area contributed by atoms with Gasteiger partial charge >= 0.3 is 0 Å². The molecule has 0 aromatic rings. The van der Waals surface area contributed by atoms with Gasteiger partial charge in [0.05, 0.1) is 18.8 Å². The van der Waals surface area contributed by atoms with Crippen LogP contribution in [0.5, 0.6) is 0 Å². The minimum atomic E-state index is -0.519. The number of ketones is 1. The van der Waals surface area contributed by atoms with Crippen molar-refractivity contribution in [2.45, 2.75) is 64.6 Å². The highest BCUT2D eigenvalue weighted by Crippen LogP contribution is 2.70. The van der Waals surface area contributed by atoms with Gasteiger partial charge in [-0.3, -0.25) is 4.79 Å². The molecule has 0 amide bonds. The fourth-order valence-electron chi connectivity index (χ4n) is 7.32. The average molecular weight is 334 g/mol. The second-order valence-electron chi connectivity index (χ2n) is 9.49. The zero-order valence-corrected chi connectivity index (χ0v) is 14.8. The van der Waals surface area contributed by atoms with E-state index >= 15 is 0 Å². The van der Waals surface area contributed by atoms with E-state index in [4.69, 9.17) is 0 Å². The predicted octanol–water partition coefficient (Wildman–Crippen LogP) is 2.07. The minimum Gasteiger partial charge on any atom is -0.396 e. The van der Waals surface area contributed by atoms with Crippen LogP contribution in [0.4, 0.5) is 0 Å².